The normalized spacial score (nSPS) is 29.7. The van der Waals surface area contributed by atoms with Crippen LogP contribution in [0.2, 0.25) is 0 Å². The maximum absolute atomic E-state index is 3.79. The van der Waals surface area contributed by atoms with E-state index < -0.39 is 0 Å². The molecule has 1 saturated carbocycles. The minimum atomic E-state index is 0.587. The minimum absolute atomic E-state index is 0.587. The highest BCUT2D eigenvalue weighted by Gasteiger charge is 2.50. The van der Waals surface area contributed by atoms with Crippen LogP contribution in [-0.2, 0) is 0 Å². The Bertz CT molecular complexity index is 265. The molecular weight excluding hydrogens is 194 g/mol. The van der Waals surface area contributed by atoms with Gasteiger partial charge in [0, 0.05) is 6.04 Å². The van der Waals surface area contributed by atoms with Crippen LogP contribution in [0.1, 0.15) is 59.3 Å². The van der Waals surface area contributed by atoms with Crippen molar-refractivity contribution in [1.29, 1.82) is 0 Å². The molecule has 2 unspecified atom stereocenters. The maximum atomic E-state index is 3.79. The fourth-order valence-corrected chi connectivity index (χ4v) is 3.05. The van der Waals surface area contributed by atoms with Crippen molar-refractivity contribution >= 4 is 0 Å². The van der Waals surface area contributed by atoms with Gasteiger partial charge in [-0.1, -0.05) is 32.4 Å². The van der Waals surface area contributed by atoms with Crippen molar-refractivity contribution in [3.8, 4) is 0 Å². The molecule has 0 aromatic carbocycles. The van der Waals surface area contributed by atoms with Gasteiger partial charge in [-0.2, -0.15) is 0 Å². The molecule has 0 aromatic heterocycles. The first-order chi connectivity index (χ1) is 7.65. The molecule has 0 saturated heterocycles. The van der Waals surface area contributed by atoms with Crippen LogP contribution in [0.3, 0.4) is 0 Å². The van der Waals surface area contributed by atoms with Crippen LogP contribution in [0, 0.1) is 11.3 Å². The Morgan fingerprint density at radius 2 is 2.19 bits per heavy atom. The standard InChI is InChI=1S/C15H27N/c1-4-10-16-14(13-11-15(13,2)3)12-8-6-5-7-9-12/h8,13-14,16H,4-7,9-11H2,1-3H3. The summed E-state index contributed by atoms with van der Waals surface area (Å²) in [7, 11) is 0. The Kier molecular flexibility index (Phi) is 3.73. The average molecular weight is 221 g/mol. The van der Waals surface area contributed by atoms with Crippen LogP contribution in [-0.4, -0.2) is 12.6 Å². The summed E-state index contributed by atoms with van der Waals surface area (Å²) >= 11 is 0. The minimum Gasteiger partial charge on any atom is -0.310 e. The highest BCUT2D eigenvalue weighted by molar-refractivity contribution is 5.20. The van der Waals surface area contributed by atoms with Crippen molar-refractivity contribution in [2.75, 3.05) is 6.54 Å². The first-order valence-corrected chi connectivity index (χ1v) is 7.07. The Balaban J connectivity index is 2.00. The zero-order chi connectivity index (χ0) is 11.6. The molecule has 16 heavy (non-hydrogen) atoms. The third-order valence-electron chi connectivity index (χ3n) is 4.33. The summed E-state index contributed by atoms with van der Waals surface area (Å²) in [5, 5.41) is 3.79. The summed E-state index contributed by atoms with van der Waals surface area (Å²) in [5.74, 6) is 0.892. The van der Waals surface area contributed by atoms with E-state index in [9.17, 15) is 0 Å². The van der Waals surface area contributed by atoms with Crippen LogP contribution in [0.5, 0.6) is 0 Å². The van der Waals surface area contributed by atoms with Crippen LogP contribution in [0.15, 0.2) is 11.6 Å². The largest absolute Gasteiger partial charge is 0.310 e. The average Bonchev–Trinajstić information content (AvgIpc) is 2.90. The molecular formula is C15H27N. The van der Waals surface area contributed by atoms with Gasteiger partial charge in [-0.05, 0) is 56.4 Å². The van der Waals surface area contributed by atoms with Crippen molar-refractivity contribution < 1.29 is 0 Å². The number of rotatable bonds is 5. The fourth-order valence-electron chi connectivity index (χ4n) is 3.05. The van der Waals surface area contributed by atoms with E-state index in [0.717, 1.165) is 5.92 Å². The molecule has 0 heterocycles. The van der Waals surface area contributed by atoms with Crippen LogP contribution in [0.4, 0.5) is 0 Å². The summed E-state index contributed by atoms with van der Waals surface area (Å²) in [5.41, 5.74) is 2.30. The molecule has 0 spiro atoms. The number of nitrogens with one attached hydrogen (secondary N) is 1. The highest BCUT2D eigenvalue weighted by Crippen LogP contribution is 2.55. The molecule has 2 aliphatic carbocycles. The second-order valence-corrected chi connectivity index (χ2v) is 6.26. The van der Waals surface area contributed by atoms with Gasteiger partial charge in [-0.3, -0.25) is 0 Å². The van der Waals surface area contributed by atoms with Gasteiger partial charge < -0.3 is 5.32 Å². The van der Waals surface area contributed by atoms with Crippen LogP contribution in [0.25, 0.3) is 0 Å². The van der Waals surface area contributed by atoms with Crippen LogP contribution < -0.4 is 5.32 Å². The number of allylic oxidation sites excluding steroid dienone is 1. The molecule has 0 aliphatic heterocycles. The number of hydrogen-bond donors (Lipinski definition) is 1. The molecule has 0 aromatic rings. The second kappa shape index (κ2) is 4.91. The van der Waals surface area contributed by atoms with E-state index in [1.54, 1.807) is 5.57 Å². The zero-order valence-corrected chi connectivity index (χ0v) is 11.2. The lowest BCUT2D eigenvalue weighted by Crippen LogP contribution is -2.35. The lowest BCUT2D eigenvalue weighted by atomic mass is 9.89. The van der Waals surface area contributed by atoms with Gasteiger partial charge in [0.15, 0.2) is 0 Å². The third kappa shape index (κ3) is 2.68. The Hall–Kier alpha value is -0.300. The molecule has 0 bridgehead atoms. The van der Waals surface area contributed by atoms with Gasteiger partial charge in [0.1, 0.15) is 0 Å². The Labute approximate surface area is 101 Å². The smallest absolute Gasteiger partial charge is 0.0313 e. The fraction of sp³-hybridized carbons (Fsp3) is 0.867. The zero-order valence-electron chi connectivity index (χ0n) is 11.2. The van der Waals surface area contributed by atoms with E-state index in [1.165, 1.54) is 45.1 Å². The number of hydrogen-bond acceptors (Lipinski definition) is 1. The highest BCUT2D eigenvalue weighted by atomic mass is 14.9. The van der Waals surface area contributed by atoms with E-state index in [2.05, 4.69) is 32.2 Å². The quantitative estimate of drug-likeness (QED) is 0.694. The molecule has 92 valence electrons. The third-order valence-corrected chi connectivity index (χ3v) is 4.33. The molecule has 1 nitrogen and oxygen atoms in total. The van der Waals surface area contributed by atoms with Crippen molar-refractivity contribution in [2.24, 2.45) is 11.3 Å². The van der Waals surface area contributed by atoms with Gasteiger partial charge in [0.2, 0.25) is 0 Å². The van der Waals surface area contributed by atoms with E-state index in [1.807, 2.05) is 0 Å². The summed E-state index contributed by atoms with van der Waals surface area (Å²) in [6.45, 7) is 8.27. The van der Waals surface area contributed by atoms with E-state index in [4.69, 9.17) is 0 Å². The molecule has 0 radical (unpaired) electrons. The summed E-state index contributed by atoms with van der Waals surface area (Å²) < 4.78 is 0. The van der Waals surface area contributed by atoms with E-state index in [0.29, 0.717) is 11.5 Å². The summed E-state index contributed by atoms with van der Waals surface area (Å²) in [4.78, 5) is 0. The van der Waals surface area contributed by atoms with Crippen molar-refractivity contribution in [3.63, 3.8) is 0 Å². The summed E-state index contributed by atoms with van der Waals surface area (Å²) in [6.07, 6.45) is 10.6. The lowest BCUT2D eigenvalue weighted by molar-refractivity contribution is 0.427. The first kappa shape index (κ1) is 12.2. The van der Waals surface area contributed by atoms with Crippen molar-refractivity contribution in [3.05, 3.63) is 11.6 Å². The van der Waals surface area contributed by atoms with Gasteiger partial charge in [0.25, 0.3) is 0 Å². The van der Waals surface area contributed by atoms with Gasteiger partial charge in [-0.15, -0.1) is 0 Å². The molecule has 1 fully saturated rings. The van der Waals surface area contributed by atoms with Gasteiger partial charge in [0.05, 0.1) is 0 Å². The predicted molar refractivity (Wildman–Crippen MR) is 70.5 cm³/mol. The Morgan fingerprint density at radius 1 is 1.44 bits per heavy atom. The second-order valence-electron chi connectivity index (χ2n) is 6.26. The Morgan fingerprint density at radius 3 is 2.69 bits per heavy atom. The van der Waals surface area contributed by atoms with Gasteiger partial charge in [-0.25, -0.2) is 0 Å². The topological polar surface area (TPSA) is 12.0 Å². The molecule has 1 N–H and O–H groups in total. The van der Waals surface area contributed by atoms with Crippen LogP contribution >= 0.6 is 0 Å². The predicted octanol–water partition coefficient (Wildman–Crippen LogP) is 3.90. The monoisotopic (exact) mass is 221 g/mol. The summed E-state index contributed by atoms with van der Waals surface area (Å²) in [6, 6.07) is 0.690. The molecule has 2 atom stereocenters. The molecule has 0 amide bonds. The lowest BCUT2D eigenvalue weighted by Gasteiger charge is -2.26. The van der Waals surface area contributed by atoms with E-state index in [-0.39, 0.29) is 0 Å². The molecule has 2 aliphatic rings. The maximum Gasteiger partial charge on any atom is 0.0313 e. The van der Waals surface area contributed by atoms with Crippen molar-refractivity contribution in [1.82, 2.24) is 5.32 Å². The molecule has 1 heteroatoms. The first-order valence-electron chi connectivity index (χ1n) is 7.07. The van der Waals surface area contributed by atoms with E-state index >= 15 is 0 Å². The van der Waals surface area contributed by atoms with Gasteiger partial charge >= 0.3 is 0 Å². The molecule has 2 rings (SSSR count). The SMILES string of the molecule is CCCNC(C1=CCCCC1)C1CC1(C)C. The van der Waals surface area contributed by atoms with Crippen molar-refractivity contribution in [2.45, 2.75) is 65.3 Å².